The molecule has 2 nitrogen and oxygen atoms in total. The van der Waals surface area contributed by atoms with Crippen LogP contribution in [0.4, 0.5) is 0 Å². The van der Waals surface area contributed by atoms with E-state index < -0.39 is 0 Å². The molecule has 0 amide bonds. The second kappa shape index (κ2) is 10.9. The molecular formula is C24H28ClNO. The third kappa shape index (κ3) is 6.51. The van der Waals surface area contributed by atoms with Crippen molar-refractivity contribution < 1.29 is 4.74 Å². The highest BCUT2D eigenvalue weighted by atomic mass is 35.5. The molecule has 0 aliphatic heterocycles. The Labute approximate surface area is 169 Å². The highest BCUT2D eigenvalue weighted by Crippen LogP contribution is 2.25. The number of hydrogen-bond acceptors (Lipinski definition) is 2. The first-order valence-electron chi connectivity index (χ1n) is 9.18. The molecule has 0 unspecified atom stereocenters. The van der Waals surface area contributed by atoms with Crippen molar-refractivity contribution in [2.75, 3.05) is 20.2 Å². The summed E-state index contributed by atoms with van der Waals surface area (Å²) < 4.78 is 6.30. The van der Waals surface area contributed by atoms with Gasteiger partial charge in [-0.1, -0.05) is 90.5 Å². The van der Waals surface area contributed by atoms with Crippen LogP contribution in [0.25, 0.3) is 0 Å². The van der Waals surface area contributed by atoms with Gasteiger partial charge in [-0.2, -0.15) is 0 Å². The first kappa shape index (κ1) is 21.2. The van der Waals surface area contributed by atoms with Crippen LogP contribution >= 0.6 is 12.4 Å². The normalized spacial score (nSPS) is 10.8. The Bertz CT molecular complexity index is 752. The van der Waals surface area contributed by atoms with E-state index in [4.69, 9.17) is 4.74 Å². The van der Waals surface area contributed by atoms with Gasteiger partial charge in [0.2, 0.25) is 0 Å². The van der Waals surface area contributed by atoms with E-state index in [0.29, 0.717) is 6.61 Å². The third-order valence-corrected chi connectivity index (χ3v) is 4.50. The molecule has 0 bridgehead atoms. The molecule has 0 aliphatic rings. The standard InChI is InChI=1S/C24H27NO.ClH/c1-20-10-9-11-21(18-20)19-25(2)16-17-26-24(22-12-5-3-6-13-22)23-14-7-4-8-15-23;/h3-15,18,24H,16-17,19H2,1-2H3;1H. The van der Waals surface area contributed by atoms with E-state index in [-0.39, 0.29) is 18.5 Å². The molecule has 0 saturated carbocycles. The van der Waals surface area contributed by atoms with Gasteiger partial charge < -0.3 is 4.74 Å². The van der Waals surface area contributed by atoms with E-state index in [2.05, 4.69) is 91.7 Å². The summed E-state index contributed by atoms with van der Waals surface area (Å²) in [6.07, 6.45) is -0.0234. The fourth-order valence-electron chi connectivity index (χ4n) is 3.17. The van der Waals surface area contributed by atoms with Gasteiger partial charge in [-0.25, -0.2) is 0 Å². The largest absolute Gasteiger partial charge is 0.367 e. The molecule has 3 aromatic carbocycles. The van der Waals surface area contributed by atoms with E-state index in [1.165, 1.54) is 22.3 Å². The number of likely N-dealkylation sites (N-methyl/N-ethyl adjacent to an activating group) is 1. The second-order valence-electron chi connectivity index (χ2n) is 6.80. The van der Waals surface area contributed by atoms with E-state index in [1.807, 2.05) is 12.1 Å². The summed E-state index contributed by atoms with van der Waals surface area (Å²) in [5, 5.41) is 0. The molecule has 3 heteroatoms. The number of nitrogens with zero attached hydrogens (tertiary/aromatic N) is 1. The lowest BCUT2D eigenvalue weighted by atomic mass is 10.0. The van der Waals surface area contributed by atoms with Crippen molar-refractivity contribution in [1.29, 1.82) is 0 Å². The zero-order chi connectivity index (χ0) is 18.2. The number of rotatable bonds is 8. The van der Waals surface area contributed by atoms with Crippen molar-refractivity contribution in [3.8, 4) is 0 Å². The van der Waals surface area contributed by atoms with Gasteiger partial charge >= 0.3 is 0 Å². The van der Waals surface area contributed by atoms with Crippen molar-refractivity contribution in [3.05, 3.63) is 107 Å². The average Bonchev–Trinajstić information content (AvgIpc) is 2.67. The lowest BCUT2D eigenvalue weighted by Gasteiger charge is -2.22. The predicted octanol–water partition coefficient (Wildman–Crippen LogP) is 5.65. The summed E-state index contributed by atoms with van der Waals surface area (Å²) in [4.78, 5) is 2.31. The maximum Gasteiger partial charge on any atom is 0.108 e. The van der Waals surface area contributed by atoms with Crippen molar-refractivity contribution in [2.45, 2.75) is 19.6 Å². The smallest absolute Gasteiger partial charge is 0.108 e. The molecule has 0 aliphatic carbocycles. The van der Waals surface area contributed by atoms with Gasteiger partial charge in [0.15, 0.2) is 0 Å². The van der Waals surface area contributed by atoms with Crippen LogP contribution in [0.5, 0.6) is 0 Å². The minimum Gasteiger partial charge on any atom is -0.367 e. The van der Waals surface area contributed by atoms with E-state index in [1.54, 1.807) is 0 Å². The Morgan fingerprint density at radius 2 is 1.41 bits per heavy atom. The molecule has 0 atom stereocenters. The molecule has 0 radical (unpaired) electrons. The Hall–Kier alpha value is -2.13. The maximum atomic E-state index is 6.30. The van der Waals surface area contributed by atoms with Crippen LogP contribution in [-0.4, -0.2) is 25.1 Å². The van der Waals surface area contributed by atoms with Crippen molar-refractivity contribution in [3.63, 3.8) is 0 Å². The van der Waals surface area contributed by atoms with Crippen LogP contribution in [0.1, 0.15) is 28.4 Å². The minimum absolute atomic E-state index is 0. The lowest BCUT2D eigenvalue weighted by Crippen LogP contribution is -2.24. The van der Waals surface area contributed by atoms with E-state index in [0.717, 1.165) is 13.1 Å². The molecule has 3 rings (SSSR count). The summed E-state index contributed by atoms with van der Waals surface area (Å²) >= 11 is 0. The van der Waals surface area contributed by atoms with Crippen molar-refractivity contribution >= 4 is 12.4 Å². The molecule has 27 heavy (non-hydrogen) atoms. The molecule has 0 N–H and O–H groups in total. The number of hydrogen-bond donors (Lipinski definition) is 0. The van der Waals surface area contributed by atoms with Crippen LogP contribution in [0.2, 0.25) is 0 Å². The Balaban J connectivity index is 0.00000261. The highest BCUT2D eigenvalue weighted by Gasteiger charge is 2.14. The molecule has 3 aromatic rings. The summed E-state index contributed by atoms with van der Waals surface area (Å²) in [6.45, 7) is 4.66. The minimum atomic E-state index is -0.0234. The predicted molar refractivity (Wildman–Crippen MR) is 115 cm³/mol. The SMILES string of the molecule is Cc1cccc(CN(C)CCOC(c2ccccc2)c2ccccc2)c1.Cl. The monoisotopic (exact) mass is 381 g/mol. The molecule has 0 heterocycles. The van der Waals surface area contributed by atoms with Crippen LogP contribution in [-0.2, 0) is 11.3 Å². The molecule has 142 valence electrons. The molecule has 0 spiro atoms. The van der Waals surface area contributed by atoms with Crippen molar-refractivity contribution in [1.82, 2.24) is 4.90 Å². The summed E-state index contributed by atoms with van der Waals surface area (Å²) in [7, 11) is 2.14. The first-order valence-corrected chi connectivity index (χ1v) is 9.18. The second-order valence-corrected chi connectivity index (χ2v) is 6.80. The first-order chi connectivity index (χ1) is 12.7. The van der Waals surface area contributed by atoms with Gasteiger partial charge in [-0.05, 0) is 30.7 Å². The quantitative estimate of drug-likeness (QED) is 0.499. The Kier molecular flexibility index (Phi) is 8.53. The van der Waals surface area contributed by atoms with Crippen molar-refractivity contribution in [2.24, 2.45) is 0 Å². The van der Waals surface area contributed by atoms with Gasteiger partial charge in [0.1, 0.15) is 6.10 Å². The van der Waals surface area contributed by atoms with Gasteiger partial charge in [0.05, 0.1) is 6.61 Å². The van der Waals surface area contributed by atoms with Crippen LogP contribution < -0.4 is 0 Å². The van der Waals surface area contributed by atoms with Crippen LogP contribution in [0, 0.1) is 6.92 Å². The maximum absolute atomic E-state index is 6.30. The highest BCUT2D eigenvalue weighted by molar-refractivity contribution is 5.85. The number of benzene rings is 3. The summed E-state index contributed by atoms with van der Waals surface area (Å²) in [5.74, 6) is 0. The fraction of sp³-hybridized carbons (Fsp3) is 0.250. The molecule has 0 fully saturated rings. The van der Waals surface area contributed by atoms with E-state index >= 15 is 0 Å². The molecule has 0 aromatic heterocycles. The zero-order valence-electron chi connectivity index (χ0n) is 16.0. The summed E-state index contributed by atoms with van der Waals surface area (Å²) in [5.41, 5.74) is 5.04. The fourth-order valence-corrected chi connectivity index (χ4v) is 3.17. The Morgan fingerprint density at radius 1 is 0.815 bits per heavy atom. The molecule has 0 saturated heterocycles. The van der Waals surface area contributed by atoms with Crippen LogP contribution in [0.3, 0.4) is 0 Å². The van der Waals surface area contributed by atoms with Gasteiger partial charge in [0.25, 0.3) is 0 Å². The summed E-state index contributed by atoms with van der Waals surface area (Å²) in [6, 6.07) is 29.6. The zero-order valence-corrected chi connectivity index (χ0v) is 16.9. The number of ether oxygens (including phenoxy) is 1. The Morgan fingerprint density at radius 3 is 1.96 bits per heavy atom. The number of halogens is 1. The average molecular weight is 382 g/mol. The van der Waals surface area contributed by atoms with E-state index in [9.17, 15) is 0 Å². The number of aryl methyl sites for hydroxylation is 1. The van der Waals surface area contributed by atoms with Gasteiger partial charge in [-0.3, -0.25) is 4.90 Å². The van der Waals surface area contributed by atoms with Crippen LogP contribution in [0.15, 0.2) is 84.9 Å². The third-order valence-electron chi connectivity index (χ3n) is 4.50. The molecular weight excluding hydrogens is 354 g/mol. The van der Waals surface area contributed by atoms with Gasteiger partial charge in [-0.15, -0.1) is 12.4 Å². The lowest BCUT2D eigenvalue weighted by molar-refractivity contribution is 0.0635. The topological polar surface area (TPSA) is 12.5 Å². The van der Waals surface area contributed by atoms with Gasteiger partial charge in [0, 0.05) is 13.1 Å².